The summed E-state index contributed by atoms with van der Waals surface area (Å²) in [6, 6.07) is 0. The minimum absolute atomic E-state index is 0.343. The molecule has 0 fully saturated rings. The molecule has 0 saturated heterocycles. The fourth-order valence-electron chi connectivity index (χ4n) is 0.160. The standard InChI is InChI=1S/C4H9N3/c1-2-4(6)7-3-5/h2-4H,1,6H2,(H2,5,7). The van der Waals surface area contributed by atoms with E-state index in [4.69, 9.17) is 11.5 Å². The Kier molecular flexibility index (Phi) is 2.96. The fourth-order valence-corrected chi connectivity index (χ4v) is 0.160. The Morgan fingerprint density at radius 3 is 2.43 bits per heavy atom. The smallest absolute Gasteiger partial charge is 0.117 e. The summed E-state index contributed by atoms with van der Waals surface area (Å²) < 4.78 is 0. The predicted octanol–water partition coefficient (Wildman–Crippen LogP) is -0.556. The van der Waals surface area contributed by atoms with Crippen molar-refractivity contribution in [3.8, 4) is 0 Å². The molecule has 0 aliphatic carbocycles. The molecule has 0 aliphatic rings. The van der Waals surface area contributed by atoms with Crippen LogP contribution in [0.15, 0.2) is 17.6 Å². The summed E-state index contributed by atoms with van der Waals surface area (Å²) in [5.74, 6) is 0. The van der Waals surface area contributed by atoms with Gasteiger partial charge in [0.2, 0.25) is 0 Å². The minimum Gasteiger partial charge on any atom is -0.390 e. The molecular weight excluding hydrogens is 90.1 g/mol. The number of rotatable bonds is 2. The van der Waals surface area contributed by atoms with Crippen molar-refractivity contribution >= 4 is 6.34 Å². The number of hydrogen-bond donors (Lipinski definition) is 2. The van der Waals surface area contributed by atoms with Crippen LogP contribution in [0.5, 0.6) is 0 Å². The van der Waals surface area contributed by atoms with Crippen molar-refractivity contribution in [3.05, 3.63) is 12.7 Å². The highest BCUT2D eigenvalue weighted by atomic mass is 14.9. The zero-order valence-electron chi connectivity index (χ0n) is 4.04. The lowest BCUT2D eigenvalue weighted by atomic mass is 10.5. The largest absolute Gasteiger partial charge is 0.390 e. The number of aliphatic imine (C=N–C) groups is 1. The lowest BCUT2D eigenvalue weighted by molar-refractivity contribution is 0.883. The van der Waals surface area contributed by atoms with E-state index in [2.05, 4.69) is 11.6 Å². The van der Waals surface area contributed by atoms with Crippen molar-refractivity contribution in [1.82, 2.24) is 0 Å². The molecule has 1 unspecified atom stereocenters. The maximum absolute atomic E-state index is 5.19. The second-order valence-corrected chi connectivity index (χ2v) is 1.02. The van der Waals surface area contributed by atoms with Gasteiger partial charge in [0.15, 0.2) is 0 Å². The minimum atomic E-state index is -0.343. The SMILES string of the molecule is C=CC(N)N=CN. The average molecular weight is 99.1 g/mol. The molecule has 4 N–H and O–H groups in total. The molecule has 1 atom stereocenters. The molecular formula is C4H9N3. The van der Waals surface area contributed by atoms with Gasteiger partial charge in [0.1, 0.15) is 6.17 Å². The van der Waals surface area contributed by atoms with Gasteiger partial charge in [0.05, 0.1) is 6.34 Å². The Bertz CT molecular complexity index is 77.0. The van der Waals surface area contributed by atoms with E-state index in [1.54, 1.807) is 0 Å². The van der Waals surface area contributed by atoms with E-state index in [0.29, 0.717) is 0 Å². The molecule has 0 bridgehead atoms. The Morgan fingerprint density at radius 2 is 2.29 bits per heavy atom. The van der Waals surface area contributed by atoms with Crippen molar-refractivity contribution in [2.75, 3.05) is 0 Å². The molecule has 7 heavy (non-hydrogen) atoms. The van der Waals surface area contributed by atoms with E-state index < -0.39 is 0 Å². The van der Waals surface area contributed by atoms with Gasteiger partial charge in [-0.15, -0.1) is 0 Å². The van der Waals surface area contributed by atoms with Crippen molar-refractivity contribution in [2.24, 2.45) is 16.5 Å². The summed E-state index contributed by atoms with van der Waals surface area (Å²) in [5, 5.41) is 0. The molecule has 3 nitrogen and oxygen atoms in total. The molecule has 0 radical (unpaired) electrons. The van der Waals surface area contributed by atoms with E-state index >= 15 is 0 Å². The van der Waals surface area contributed by atoms with Crippen molar-refractivity contribution in [1.29, 1.82) is 0 Å². The van der Waals surface area contributed by atoms with Crippen molar-refractivity contribution in [3.63, 3.8) is 0 Å². The molecule has 0 rings (SSSR count). The van der Waals surface area contributed by atoms with Crippen LogP contribution in [0.3, 0.4) is 0 Å². The first-order chi connectivity index (χ1) is 3.31. The summed E-state index contributed by atoms with van der Waals surface area (Å²) in [7, 11) is 0. The fraction of sp³-hybridized carbons (Fsp3) is 0.250. The van der Waals surface area contributed by atoms with Crippen LogP contribution in [0.25, 0.3) is 0 Å². The molecule has 0 aromatic carbocycles. The third-order valence-electron chi connectivity index (χ3n) is 0.500. The highest BCUT2D eigenvalue weighted by molar-refractivity contribution is 5.51. The summed E-state index contributed by atoms with van der Waals surface area (Å²) in [6.45, 7) is 3.38. The molecule has 3 heteroatoms. The third kappa shape index (κ3) is 2.99. The van der Waals surface area contributed by atoms with Crippen molar-refractivity contribution in [2.45, 2.75) is 6.17 Å². The number of nitrogens with two attached hydrogens (primary N) is 2. The molecule has 0 aromatic rings. The summed E-state index contributed by atoms with van der Waals surface area (Å²) in [6.07, 6.45) is 2.32. The van der Waals surface area contributed by atoms with Crippen LogP contribution in [0, 0.1) is 0 Å². The lowest BCUT2D eigenvalue weighted by Crippen LogP contribution is -2.14. The van der Waals surface area contributed by atoms with Crippen LogP contribution >= 0.6 is 0 Å². The monoisotopic (exact) mass is 99.1 g/mol. The van der Waals surface area contributed by atoms with Crippen LogP contribution in [-0.2, 0) is 0 Å². The second-order valence-electron chi connectivity index (χ2n) is 1.02. The maximum atomic E-state index is 5.19. The van der Waals surface area contributed by atoms with Gasteiger partial charge in [-0.1, -0.05) is 12.7 Å². The number of nitrogens with zero attached hydrogens (tertiary/aromatic N) is 1. The zero-order chi connectivity index (χ0) is 5.70. The van der Waals surface area contributed by atoms with Crippen LogP contribution < -0.4 is 11.5 Å². The Balaban J connectivity index is 3.35. The summed E-state index contributed by atoms with van der Waals surface area (Å²) >= 11 is 0. The van der Waals surface area contributed by atoms with Gasteiger partial charge in [-0.3, -0.25) is 4.99 Å². The van der Waals surface area contributed by atoms with E-state index in [0.717, 1.165) is 6.34 Å². The lowest BCUT2D eigenvalue weighted by Gasteiger charge is -1.91. The maximum Gasteiger partial charge on any atom is 0.117 e. The predicted molar refractivity (Wildman–Crippen MR) is 30.9 cm³/mol. The molecule has 0 spiro atoms. The van der Waals surface area contributed by atoms with Crippen LogP contribution in [0.1, 0.15) is 0 Å². The molecule has 40 valence electrons. The van der Waals surface area contributed by atoms with Gasteiger partial charge >= 0.3 is 0 Å². The molecule has 0 heterocycles. The highest BCUT2D eigenvalue weighted by Gasteiger charge is 1.81. The summed E-state index contributed by atoms with van der Waals surface area (Å²) in [5.41, 5.74) is 10.1. The van der Waals surface area contributed by atoms with Crippen LogP contribution in [0.2, 0.25) is 0 Å². The third-order valence-corrected chi connectivity index (χ3v) is 0.500. The zero-order valence-corrected chi connectivity index (χ0v) is 4.04. The Hall–Kier alpha value is -0.830. The van der Waals surface area contributed by atoms with Crippen LogP contribution in [-0.4, -0.2) is 12.5 Å². The Morgan fingerprint density at radius 1 is 1.71 bits per heavy atom. The Labute approximate surface area is 42.7 Å². The van der Waals surface area contributed by atoms with Gasteiger partial charge < -0.3 is 11.5 Å². The first-order valence-electron chi connectivity index (χ1n) is 1.92. The molecule has 0 aromatic heterocycles. The first kappa shape index (κ1) is 6.17. The van der Waals surface area contributed by atoms with E-state index in [-0.39, 0.29) is 6.17 Å². The summed E-state index contributed by atoms with van der Waals surface area (Å²) in [4.78, 5) is 3.56. The van der Waals surface area contributed by atoms with Crippen LogP contribution in [0.4, 0.5) is 0 Å². The molecule has 0 aliphatic heterocycles. The topological polar surface area (TPSA) is 64.4 Å². The van der Waals surface area contributed by atoms with Gasteiger partial charge in [-0.2, -0.15) is 0 Å². The van der Waals surface area contributed by atoms with Gasteiger partial charge in [0, 0.05) is 0 Å². The first-order valence-corrected chi connectivity index (χ1v) is 1.92. The van der Waals surface area contributed by atoms with Gasteiger partial charge in [0.25, 0.3) is 0 Å². The number of hydrogen-bond acceptors (Lipinski definition) is 2. The van der Waals surface area contributed by atoms with Gasteiger partial charge in [-0.05, 0) is 0 Å². The van der Waals surface area contributed by atoms with E-state index in [9.17, 15) is 0 Å². The van der Waals surface area contributed by atoms with Crippen molar-refractivity contribution < 1.29 is 0 Å². The molecule has 0 saturated carbocycles. The quantitative estimate of drug-likeness (QED) is 0.277. The van der Waals surface area contributed by atoms with Gasteiger partial charge in [-0.25, -0.2) is 0 Å². The van der Waals surface area contributed by atoms with E-state index in [1.807, 2.05) is 0 Å². The normalized spacial score (nSPS) is 14.4. The van der Waals surface area contributed by atoms with E-state index in [1.165, 1.54) is 6.08 Å². The highest BCUT2D eigenvalue weighted by Crippen LogP contribution is 1.74. The second kappa shape index (κ2) is 3.36. The molecule has 0 amide bonds. The average Bonchev–Trinajstić information content (AvgIpc) is 1.68.